The Morgan fingerprint density at radius 1 is 1.33 bits per heavy atom. The Labute approximate surface area is 196 Å². The lowest BCUT2D eigenvalue weighted by molar-refractivity contribution is 0.0524. The van der Waals surface area contributed by atoms with E-state index >= 15 is 4.39 Å². The van der Waals surface area contributed by atoms with Crippen molar-refractivity contribution in [3.63, 3.8) is 0 Å². The Hall–Kier alpha value is -2.51. The minimum absolute atomic E-state index is 0.00203. The second-order valence-electron chi connectivity index (χ2n) is 9.95. The van der Waals surface area contributed by atoms with Crippen LogP contribution in [0.5, 0.6) is 0 Å². The Morgan fingerprint density at radius 2 is 2.06 bits per heavy atom. The second kappa shape index (κ2) is 7.77. The van der Waals surface area contributed by atoms with Gasteiger partial charge in [-0.3, -0.25) is 4.79 Å². The highest BCUT2D eigenvalue weighted by atomic mass is 32.1. The van der Waals surface area contributed by atoms with E-state index in [0.29, 0.717) is 11.1 Å². The number of rotatable bonds is 4. The van der Waals surface area contributed by atoms with Crippen molar-refractivity contribution in [3.05, 3.63) is 55.9 Å². The van der Waals surface area contributed by atoms with Crippen molar-refractivity contribution >= 4 is 28.2 Å². The molecule has 174 valence electrons. The third-order valence-electron chi connectivity index (χ3n) is 7.20. The number of hydrogen-bond donors (Lipinski definition) is 1. The smallest absolute Gasteiger partial charge is 0.343 e. The second-order valence-corrected chi connectivity index (χ2v) is 11.0. The van der Waals surface area contributed by atoms with Crippen molar-refractivity contribution in [2.45, 2.75) is 65.5 Å². The Bertz CT molecular complexity index is 1350. The summed E-state index contributed by atoms with van der Waals surface area (Å²) in [4.78, 5) is 27.6. The topological polar surface area (TPSA) is 74.3 Å². The van der Waals surface area contributed by atoms with Gasteiger partial charge < -0.3 is 15.0 Å². The van der Waals surface area contributed by atoms with Crippen molar-refractivity contribution in [1.82, 2.24) is 4.57 Å². The molecule has 5 nitrogen and oxygen atoms in total. The monoisotopic (exact) mass is 468 g/mol. The highest BCUT2D eigenvalue weighted by Gasteiger charge is 2.36. The maximum atomic E-state index is 15.6. The fourth-order valence-electron chi connectivity index (χ4n) is 4.97. The van der Waals surface area contributed by atoms with Gasteiger partial charge in [0.25, 0.3) is 0 Å². The van der Waals surface area contributed by atoms with E-state index in [4.69, 9.17) is 10.5 Å². The number of esters is 1. The van der Waals surface area contributed by atoms with Gasteiger partial charge in [0, 0.05) is 39.0 Å². The molecule has 0 radical (unpaired) electrons. The van der Waals surface area contributed by atoms with Crippen molar-refractivity contribution in [1.29, 1.82) is 0 Å². The first-order valence-electron chi connectivity index (χ1n) is 11.6. The zero-order chi connectivity index (χ0) is 23.7. The van der Waals surface area contributed by atoms with Crippen LogP contribution in [0.15, 0.2) is 23.1 Å². The molecule has 1 unspecified atom stereocenters. The molecule has 1 atom stereocenters. The van der Waals surface area contributed by atoms with Crippen LogP contribution in [-0.2, 0) is 11.2 Å². The van der Waals surface area contributed by atoms with Crippen molar-refractivity contribution in [2.75, 3.05) is 6.61 Å². The summed E-state index contributed by atoms with van der Waals surface area (Å²) in [5.74, 6) is -1.12. The van der Waals surface area contributed by atoms with Crippen LogP contribution in [0.3, 0.4) is 0 Å². The van der Waals surface area contributed by atoms with Gasteiger partial charge in [0.1, 0.15) is 11.4 Å². The number of benzene rings is 1. The van der Waals surface area contributed by atoms with E-state index in [9.17, 15) is 9.59 Å². The molecule has 3 aromatic rings. The predicted octanol–water partition coefficient (Wildman–Crippen LogP) is 5.66. The number of carbonyl (C=O) groups excluding carboxylic acids is 1. The van der Waals surface area contributed by atoms with Gasteiger partial charge in [0.2, 0.25) is 5.43 Å². The molecule has 1 aromatic carbocycles. The number of nitrogens with two attached hydrogens (primary N) is 1. The van der Waals surface area contributed by atoms with Crippen LogP contribution in [0.1, 0.15) is 78.5 Å². The van der Waals surface area contributed by atoms with Gasteiger partial charge in [-0.15, -0.1) is 11.3 Å². The van der Waals surface area contributed by atoms with Gasteiger partial charge in [-0.25, -0.2) is 9.18 Å². The fraction of sp³-hybridized carbons (Fsp3) is 0.462. The van der Waals surface area contributed by atoms with Crippen molar-refractivity contribution in [2.24, 2.45) is 11.1 Å². The van der Waals surface area contributed by atoms with Gasteiger partial charge in [0.05, 0.1) is 12.1 Å². The molecule has 0 bridgehead atoms. The van der Waals surface area contributed by atoms with E-state index in [2.05, 4.69) is 19.9 Å². The van der Waals surface area contributed by atoms with Crippen molar-refractivity contribution < 1.29 is 13.9 Å². The van der Waals surface area contributed by atoms with E-state index < -0.39 is 17.2 Å². The van der Waals surface area contributed by atoms with Crippen LogP contribution < -0.4 is 11.2 Å². The molecular formula is C26H29FN2O3S. The first kappa shape index (κ1) is 22.3. The van der Waals surface area contributed by atoms with Crippen LogP contribution in [0.2, 0.25) is 0 Å². The minimum Gasteiger partial charge on any atom is -0.462 e. The quantitative estimate of drug-likeness (QED) is 0.501. The molecule has 2 aliphatic rings. The molecule has 5 rings (SSSR count). The molecule has 33 heavy (non-hydrogen) atoms. The fourth-order valence-corrected chi connectivity index (χ4v) is 6.50. The van der Waals surface area contributed by atoms with Gasteiger partial charge in [0.15, 0.2) is 0 Å². The summed E-state index contributed by atoms with van der Waals surface area (Å²) >= 11 is 1.56. The summed E-state index contributed by atoms with van der Waals surface area (Å²) in [7, 11) is 0. The maximum absolute atomic E-state index is 15.6. The first-order chi connectivity index (χ1) is 15.6. The third-order valence-corrected chi connectivity index (χ3v) is 8.48. The Morgan fingerprint density at radius 3 is 2.73 bits per heavy atom. The third kappa shape index (κ3) is 3.53. The van der Waals surface area contributed by atoms with E-state index in [1.54, 1.807) is 24.5 Å². The number of halogens is 1. The maximum Gasteiger partial charge on any atom is 0.343 e. The number of carbonyl (C=O) groups is 1. The number of aromatic nitrogens is 1. The van der Waals surface area contributed by atoms with Gasteiger partial charge >= 0.3 is 5.97 Å². The summed E-state index contributed by atoms with van der Waals surface area (Å²) < 4.78 is 22.7. The average Bonchev–Trinajstić information content (AvgIpc) is 3.51. The molecule has 1 saturated carbocycles. The minimum atomic E-state index is -0.663. The highest BCUT2D eigenvalue weighted by molar-refractivity contribution is 7.15. The van der Waals surface area contributed by atoms with Crippen LogP contribution in [-0.4, -0.2) is 17.1 Å². The predicted molar refractivity (Wildman–Crippen MR) is 129 cm³/mol. The number of aryl methyl sites for hydroxylation is 2. The zero-order valence-electron chi connectivity index (χ0n) is 19.5. The molecule has 2 aliphatic carbocycles. The number of hydrogen-bond acceptors (Lipinski definition) is 5. The number of ether oxygens (including phenoxy) is 1. The molecule has 2 N–H and O–H groups in total. The van der Waals surface area contributed by atoms with Crippen LogP contribution >= 0.6 is 11.3 Å². The SMILES string of the molecule is CCOC(=O)c1cn(C2CC2)c2c(C)c(-c3cc4c(s3)C(N)C(C)(C)CC4)c(F)cc2c1=O. The average molecular weight is 469 g/mol. The lowest BCUT2D eigenvalue weighted by Crippen LogP contribution is -2.32. The number of thiophene rings is 1. The largest absolute Gasteiger partial charge is 0.462 e. The standard InChI is InChI=1S/C26H29FN2O3S/c1-5-32-25(31)17-12-29(15-6-7-15)21-13(2)20(18(27)11-16(21)22(17)30)19-10-14-8-9-26(3,4)24(28)23(14)33-19/h10-12,15,24H,5-9,28H2,1-4H3. The molecule has 0 amide bonds. The summed E-state index contributed by atoms with van der Waals surface area (Å²) in [5, 5.41) is 0.227. The number of pyridine rings is 1. The lowest BCUT2D eigenvalue weighted by Gasteiger charge is -2.35. The zero-order valence-corrected chi connectivity index (χ0v) is 20.3. The summed E-state index contributed by atoms with van der Waals surface area (Å²) in [6.45, 7) is 8.09. The summed E-state index contributed by atoms with van der Waals surface area (Å²) in [6.07, 6.45) is 5.45. The Kier molecular flexibility index (Phi) is 5.25. The first-order valence-corrected chi connectivity index (χ1v) is 12.4. The molecule has 2 aromatic heterocycles. The molecule has 0 saturated heterocycles. The lowest BCUT2D eigenvalue weighted by atomic mass is 9.74. The van der Waals surface area contributed by atoms with E-state index in [-0.39, 0.29) is 35.1 Å². The molecule has 0 spiro atoms. The van der Waals surface area contributed by atoms with Crippen LogP contribution in [0.25, 0.3) is 21.3 Å². The number of nitrogens with zero attached hydrogens (tertiary/aromatic N) is 1. The molecule has 0 aliphatic heterocycles. The molecule has 7 heteroatoms. The van der Waals surface area contributed by atoms with Gasteiger partial charge in [-0.2, -0.15) is 0 Å². The summed E-state index contributed by atoms with van der Waals surface area (Å²) in [5.41, 5.74) is 9.18. The van der Waals surface area contributed by atoms with Gasteiger partial charge in [-0.05, 0) is 68.2 Å². The van der Waals surface area contributed by atoms with E-state index in [1.165, 1.54) is 11.6 Å². The van der Waals surface area contributed by atoms with Gasteiger partial charge in [-0.1, -0.05) is 13.8 Å². The molecular weight excluding hydrogens is 439 g/mol. The normalized spacial score (nSPS) is 19.5. The molecule has 1 fully saturated rings. The summed E-state index contributed by atoms with van der Waals surface area (Å²) in [6, 6.07) is 3.48. The van der Waals surface area contributed by atoms with Crippen LogP contribution in [0.4, 0.5) is 4.39 Å². The highest BCUT2D eigenvalue weighted by Crippen LogP contribution is 2.48. The molecule has 2 heterocycles. The number of fused-ring (bicyclic) bond motifs is 2. The van der Waals surface area contributed by atoms with Crippen molar-refractivity contribution in [3.8, 4) is 10.4 Å². The van der Waals surface area contributed by atoms with E-state index in [1.807, 2.05) is 11.5 Å². The Balaban J connectivity index is 1.74. The van der Waals surface area contributed by atoms with Crippen LogP contribution in [0, 0.1) is 18.2 Å². The van der Waals surface area contributed by atoms with E-state index in [0.717, 1.165) is 41.0 Å².